The summed E-state index contributed by atoms with van der Waals surface area (Å²) in [5.74, 6) is 0. The van der Waals surface area contributed by atoms with Crippen LogP contribution in [0.3, 0.4) is 0 Å². The number of nitrogens with two attached hydrogens (primary N) is 1. The molecule has 22 heavy (non-hydrogen) atoms. The number of nitrogens with zero attached hydrogens (tertiary/aromatic N) is 1. The zero-order valence-corrected chi connectivity index (χ0v) is 13.8. The van der Waals surface area contributed by atoms with Gasteiger partial charge in [-0.2, -0.15) is 4.31 Å². The number of rotatable bonds is 2. The summed E-state index contributed by atoms with van der Waals surface area (Å²) >= 11 is 0. The summed E-state index contributed by atoms with van der Waals surface area (Å²) in [7, 11) is -3.51. The van der Waals surface area contributed by atoms with E-state index in [9.17, 15) is 8.42 Å². The Bertz CT molecular complexity index is 794. The molecule has 118 valence electrons. The minimum Gasteiger partial charge on any atom is -0.327 e. The zero-order chi connectivity index (χ0) is 16.0. The average molecular weight is 318 g/mol. The highest BCUT2D eigenvalue weighted by Crippen LogP contribution is 2.33. The lowest BCUT2D eigenvalue weighted by Gasteiger charge is -2.41. The molecule has 1 atom stereocenters. The molecule has 2 aromatic carbocycles. The van der Waals surface area contributed by atoms with Crippen molar-refractivity contribution in [2.24, 2.45) is 11.1 Å². The van der Waals surface area contributed by atoms with Gasteiger partial charge >= 0.3 is 0 Å². The molecule has 1 aliphatic heterocycles. The van der Waals surface area contributed by atoms with Crippen molar-refractivity contribution in [1.29, 1.82) is 0 Å². The van der Waals surface area contributed by atoms with E-state index in [1.165, 1.54) is 0 Å². The van der Waals surface area contributed by atoms with Gasteiger partial charge in [0.1, 0.15) is 0 Å². The van der Waals surface area contributed by atoms with E-state index in [-0.39, 0.29) is 11.5 Å². The van der Waals surface area contributed by atoms with Gasteiger partial charge in [-0.05, 0) is 23.3 Å². The average Bonchev–Trinajstić information content (AvgIpc) is 2.49. The summed E-state index contributed by atoms with van der Waals surface area (Å²) in [6.45, 7) is 5.00. The van der Waals surface area contributed by atoms with Gasteiger partial charge in [0.15, 0.2) is 0 Å². The minimum absolute atomic E-state index is 0.0338. The van der Waals surface area contributed by atoms with Crippen LogP contribution in [0.25, 0.3) is 10.8 Å². The lowest BCUT2D eigenvalue weighted by atomic mass is 9.81. The zero-order valence-electron chi connectivity index (χ0n) is 13.0. The number of piperidine rings is 1. The van der Waals surface area contributed by atoms with Gasteiger partial charge in [-0.1, -0.05) is 50.2 Å². The summed E-state index contributed by atoms with van der Waals surface area (Å²) < 4.78 is 27.7. The number of benzene rings is 2. The summed E-state index contributed by atoms with van der Waals surface area (Å²) in [6, 6.07) is 13.1. The van der Waals surface area contributed by atoms with E-state index in [1.807, 2.05) is 44.2 Å². The molecule has 3 rings (SSSR count). The van der Waals surface area contributed by atoms with E-state index in [0.717, 1.165) is 10.8 Å². The van der Waals surface area contributed by atoms with Gasteiger partial charge in [-0.15, -0.1) is 0 Å². The maximum atomic E-state index is 13.1. The Balaban J connectivity index is 2.06. The third-order valence-corrected chi connectivity index (χ3v) is 6.55. The third kappa shape index (κ3) is 2.53. The number of hydrogen-bond donors (Lipinski definition) is 1. The molecule has 2 aromatic rings. The topological polar surface area (TPSA) is 63.4 Å². The maximum absolute atomic E-state index is 13.1. The molecule has 5 heteroatoms. The number of fused-ring (bicyclic) bond motifs is 1. The van der Waals surface area contributed by atoms with Crippen molar-refractivity contribution in [3.8, 4) is 0 Å². The van der Waals surface area contributed by atoms with Crippen LogP contribution in [0.2, 0.25) is 0 Å². The summed E-state index contributed by atoms with van der Waals surface area (Å²) in [5, 5.41) is 1.72. The van der Waals surface area contributed by atoms with Gasteiger partial charge in [0.25, 0.3) is 0 Å². The van der Waals surface area contributed by atoms with E-state index in [0.29, 0.717) is 24.4 Å². The first-order chi connectivity index (χ1) is 10.3. The molecule has 1 aliphatic rings. The molecule has 0 amide bonds. The molecule has 1 fully saturated rings. The van der Waals surface area contributed by atoms with Crippen LogP contribution in [-0.2, 0) is 10.0 Å². The number of hydrogen-bond acceptors (Lipinski definition) is 3. The first-order valence-corrected chi connectivity index (χ1v) is 9.00. The molecule has 0 spiro atoms. The molecule has 2 N–H and O–H groups in total. The second-order valence-corrected chi connectivity index (χ2v) is 8.61. The summed E-state index contributed by atoms with van der Waals surface area (Å²) in [6.07, 6.45) is 0.691. The lowest BCUT2D eigenvalue weighted by molar-refractivity contribution is 0.155. The fourth-order valence-electron chi connectivity index (χ4n) is 3.09. The fraction of sp³-hybridized carbons (Fsp3) is 0.412. The molecule has 0 saturated carbocycles. The van der Waals surface area contributed by atoms with E-state index in [2.05, 4.69) is 0 Å². The molecule has 0 aliphatic carbocycles. The van der Waals surface area contributed by atoms with Crippen LogP contribution in [0.4, 0.5) is 0 Å². The van der Waals surface area contributed by atoms with Crippen molar-refractivity contribution < 1.29 is 8.42 Å². The molecule has 0 aromatic heterocycles. The Labute approximate surface area is 132 Å². The standard InChI is InChI=1S/C17H22N2O2S/c1-17(2)12-19(11-10-16(17)18)22(20,21)15-9-5-7-13-6-3-4-8-14(13)15/h3-9,16H,10-12,18H2,1-2H3. The molecule has 1 unspecified atom stereocenters. The van der Waals surface area contributed by atoms with Crippen LogP contribution >= 0.6 is 0 Å². The van der Waals surface area contributed by atoms with Gasteiger partial charge in [0.2, 0.25) is 10.0 Å². The Morgan fingerprint density at radius 2 is 1.82 bits per heavy atom. The van der Waals surface area contributed by atoms with Crippen molar-refractivity contribution >= 4 is 20.8 Å². The summed E-state index contributed by atoms with van der Waals surface area (Å²) in [4.78, 5) is 0.386. The van der Waals surface area contributed by atoms with E-state index in [4.69, 9.17) is 5.73 Å². The van der Waals surface area contributed by atoms with Crippen molar-refractivity contribution in [3.63, 3.8) is 0 Å². The summed E-state index contributed by atoms with van der Waals surface area (Å²) in [5.41, 5.74) is 5.91. The first-order valence-electron chi connectivity index (χ1n) is 7.56. The Morgan fingerprint density at radius 3 is 2.55 bits per heavy atom. The molecule has 0 radical (unpaired) electrons. The smallest absolute Gasteiger partial charge is 0.243 e. The second-order valence-electron chi connectivity index (χ2n) is 6.70. The highest BCUT2D eigenvalue weighted by atomic mass is 32.2. The molecule has 1 heterocycles. The third-order valence-electron chi connectivity index (χ3n) is 4.64. The quantitative estimate of drug-likeness (QED) is 0.925. The number of sulfonamides is 1. The van der Waals surface area contributed by atoms with Crippen LogP contribution in [0, 0.1) is 5.41 Å². The van der Waals surface area contributed by atoms with Crippen molar-refractivity contribution in [2.75, 3.05) is 13.1 Å². The Hall–Kier alpha value is -1.43. The van der Waals surface area contributed by atoms with Crippen LogP contribution in [0.15, 0.2) is 47.4 Å². The van der Waals surface area contributed by atoms with Crippen molar-refractivity contribution in [1.82, 2.24) is 4.31 Å². The molecule has 4 nitrogen and oxygen atoms in total. The Morgan fingerprint density at radius 1 is 1.14 bits per heavy atom. The highest BCUT2D eigenvalue weighted by Gasteiger charge is 2.39. The van der Waals surface area contributed by atoms with E-state index < -0.39 is 10.0 Å². The van der Waals surface area contributed by atoms with Crippen LogP contribution < -0.4 is 5.73 Å². The highest BCUT2D eigenvalue weighted by molar-refractivity contribution is 7.89. The minimum atomic E-state index is -3.51. The normalized spacial score (nSPS) is 22.8. The monoisotopic (exact) mass is 318 g/mol. The molecule has 0 bridgehead atoms. The van der Waals surface area contributed by atoms with Gasteiger partial charge in [0.05, 0.1) is 4.90 Å². The van der Waals surface area contributed by atoms with Gasteiger partial charge in [0, 0.05) is 24.5 Å². The lowest BCUT2D eigenvalue weighted by Crippen LogP contribution is -2.53. The Kier molecular flexibility index (Phi) is 3.75. The predicted octanol–water partition coefficient (Wildman–Crippen LogP) is 2.59. The second kappa shape index (κ2) is 5.33. The SMILES string of the molecule is CC1(C)CN(S(=O)(=O)c2cccc3ccccc23)CCC1N. The first kappa shape index (κ1) is 15.5. The van der Waals surface area contributed by atoms with Gasteiger partial charge < -0.3 is 5.73 Å². The van der Waals surface area contributed by atoms with Gasteiger partial charge in [-0.3, -0.25) is 0 Å². The largest absolute Gasteiger partial charge is 0.327 e. The molecule has 1 saturated heterocycles. The van der Waals surface area contributed by atoms with Crippen LogP contribution in [0.1, 0.15) is 20.3 Å². The van der Waals surface area contributed by atoms with E-state index >= 15 is 0 Å². The van der Waals surface area contributed by atoms with E-state index in [1.54, 1.807) is 16.4 Å². The van der Waals surface area contributed by atoms with Gasteiger partial charge in [-0.25, -0.2) is 8.42 Å². The molecular weight excluding hydrogens is 296 g/mol. The fourth-order valence-corrected chi connectivity index (χ4v) is 4.93. The molecular formula is C17H22N2O2S. The van der Waals surface area contributed by atoms with Crippen molar-refractivity contribution in [2.45, 2.75) is 31.2 Å². The van der Waals surface area contributed by atoms with Crippen LogP contribution in [0.5, 0.6) is 0 Å². The van der Waals surface area contributed by atoms with Crippen LogP contribution in [-0.4, -0.2) is 31.9 Å². The van der Waals surface area contributed by atoms with Crippen molar-refractivity contribution in [3.05, 3.63) is 42.5 Å². The maximum Gasteiger partial charge on any atom is 0.243 e. The predicted molar refractivity (Wildman–Crippen MR) is 89.1 cm³/mol.